The van der Waals surface area contributed by atoms with E-state index >= 15 is 0 Å². The Bertz CT molecular complexity index is 742. The quantitative estimate of drug-likeness (QED) is 0.874. The van der Waals surface area contributed by atoms with Crippen LogP contribution in [-0.4, -0.2) is 34.8 Å². The monoisotopic (exact) mass is 340 g/mol. The normalized spacial score (nSPS) is 16.0. The highest BCUT2D eigenvalue weighted by Gasteiger charge is 2.32. The van der Waals surface area contributed by atoms with Crippen molar-refractivity contribution in [2.75, 3.05) is 29.9 Å². The molecule has 0 unspecified atom stereocenters. The molecule has 1 aliphatic heterocycles. The van der Waals surface area contributed by atoms with Crippen LogP contribution in [0.15, 0.2) is 30.3 Å². The van der Waals surface area contributed by atoms with Crippen molar-refractivity contribution in [3.05, 3.63) is 47.2 Å². The molecule has 0 fully saturated rings. The number of aliphatic hydroxyl groups is 1. The van der Waals surface area contributed by atoms with E-state index in [0.29, 0.717) is 18.4 Å². The highest BCUT2D eigenvalue weighted by atomic mass is 16.3. The van der Waals surface area contributed by atoms with E-state index in [-0.39, 0.29) is 12.0 Å². The maximum Gasteiger partial charge on any atom is 0.224 e. The fourth-order valence-electron chi connectivity index (χ4n) is 3.46. The lowest BCUT2D eigenvalue weighted by atomic mass is 9.78. The van der Waals surface area contributed by atoms with E-state index in [4.69, 9.17) is 10.1 Å². The Morgan fingerprint density at radius 1 is 1.24 bits per heavy atom. The number of nitrogens with one attached hydrogen (secondary N) is 1. The number of aliphatic hydroxyl groups excluding tert-OH is 1. The predicted molar refractivity (Wildman–Crippen MR) is 102 cm³/mol. The standard InChI is InChI=1S/C20H28N4O/c1-14(2)17-11-18(23-19(22-17)21-9-10-25)24-12-15-7-5-6-8-16(15)20(3,4)13-24/h5-8,11,14,25H,9-10,12-13H2,1-4H3,(H,21,22,23). The lowest BCUT2D eigenvalue weighted by Crippen LogP contribution is -2.42. The first-order valence-electron chi connectivity index (χ1n) is 8.98. The molecule has 1 aromatic carbocycles. The number of hydrogen-bond acceptors (Lipinski definition) is 5. The van der Waals surface area contributed by atoms with E-state index in [2.05, 4.69) is 73.2 Å². The van der Waals surface area contributed by atoms with E-state index in [1.807, 2.05) is 0 Å². The maximum atomic E-state index is 9.07. The zero-order valence-electron chi connectivity index (χ0n) is 15.6. The molecule has 0 amide bonds. The summed E-state index contributed by atoms with van der Waals surface area (Å²) in [6.45, 7) is 11.1. The van der Waals surface area contributed by atoms with E-state index in [1.165, 1.54) is 11.1 Å². The number of benzene rings is 1. The largest absolute Gasteiger partial charge is 0.395 e. The van der Waals surface area contributed by atoms with Crippen LogP contribution in [0.25, 0.3) is 0 Å². The Morgan fingerprint density at radius 3 is 2.72 bits per heavy atom. The van der Waals surface area contributed by atoms with Crippen molar-refractivity contribution in [1.29, 1.82) is 0 Å². The number of rotatable bonds is 5. The van der Waals surface area contributed by atoms with Crippen molar-refractivity contribution < 1.29 is 5.11 Å². The molecule has 2 aromatic rings. The predicted octanol–water partition coefficient (Wildman–Crippen LogP) is 3.30. The molecule has 0 saturated heterocycles. The molecular weight excluding hydrogens is 312 g/mol. The number of nitrogens with zero attached hydrogens (tertiary/aromatic N) is 3. The Labute approximate surface area is 150 Å². The molecule has 1 aliphatic rings. The van der Waals surface area contributed by atoms with Crippen molar-refractivity contribution >= 4 is 11.8 Å². The molecule has 5 nitrogen and oxygen atoms in total. The minimum absolute atomic E-state index is 0.0642. The van der Waals surface area contributed by atoms with Gasteiger partial charge in [0, 0.05) is 31.1 Å². The Balaban J connectivity index is 1.97. The van der Waals surface area contributed by atoms with Crippen LogP contribution in [0.3, 0.4) is 0 Å². The van der Waals surface area contributed by atoms with Crippen molar-refractivity contribution in [3.63, 3.8) is 0 Å². The molecule has 134 valence electrons. The van der Waals surface area contributed by atoms with Gasteiger partial charge < -0.3 is 15.3 Å². The van der Waals surface area contributed by atoms with Gasteiger partial charge in [-0.25, -0.2) is 4.98 Å². The summed E-state index contributed by atoms with van der Waals surface area (Å²) in [6.07, 6.45) is 0. The first-order valence-corrected chi connectivity index (χ1v) is 8.98. The van der Waals surface area contributed by atoms with Gasteiger partial charge in [0.15, 0.2) is 0 Å². The molecule has 5 heteroatoms. The second-order valence-corrected chi connectivity index (χ2v) is 7.68. The van der Waals surface area contributed by atoms with E-state index in [0.717, 1.165) is 24.6 Å². The van der Waals surface area contributed by atoms with Crippen LogP contribution in [0.5, 0.6) is 0 Å². The summed E-state index contributed by atoms with van der Waals surface area (Å²) in [4.78, 5) is 11.6. The van der Waals surface area contributed by atoms with Gasteiger partial charge in [0.1, 0.15) is 5.82 Å². The molecule has 0 aliphatic carbocycles. The second-order valence-electron chi connectivity index (χ2n) is 7.68. The summed E-state index contributed by atoms with van der Waals surface area (Å²) in [5.41, 5.74) is 3.86. The molecule has 1 aromatic heterocycles. The lowest BCUT2D eigenvalue weighted by Gasteiger charge is -2.40. The SMILES string of the molecule is CC(C)c1cc(N2Cc3ccccc3C(C)(C)C2)nc(NCCO)n1. The number of aromatic nitrogens is 2. The third kappa shape index (κ3) is 3.76. The van der Waals surface area contributed by atoms with Crippen LogP contribution >= 0.6 is 0 Å². The minimum atomic E-state index is 0.0642. The zero-order chi connectivity index (χ0) is 18.0. The Hall–Kier alpha value is -2.14. The van der Waals surface area contributed by atoms with Crippen LogP contribution in [0, 0.1) is 0 Å². The fourth-order valence-corrected chi connectivity index (χ4v) is 3.46. The third-order valence-electron chi connectivity index (χ3n) is 4.74. The average molecular weight is 340 g/mol. The van der Waals surface area contributed by atoms with Gasteiger partial charge >= 0.3 is 0 Å². The van der Waals surface area contributed by atoms with E-state index in [1.54, 1.807) is 0 Å². The molecule has 2 N–H and O–H groups in total. The molecule has 0 spiro atoms. The van der Waals surface area contributed by atoms with Gasteiger partial charge in [0.2, 0.25) is 5.95 Å². The molecule has 0 bridgehead atoms. The molecule has 0 radical (unpaired) electrons. The fraction of sp³-hybridized carbons (Fsp3) is 0.500. The average Bonchev–Trinajstić information content (AvgIpc) is 2.59. The van der Waals surface area contributed by atoms with Gasteiger partial charge in [-0.2, -0.15) is 4.98 Å². The van der Waals surface area contributed by atoms with Gasteiger partial charge in [-0.15, -0.1) is 0 Å². The highest BCUT2D eigenvalue weighted by Crippen LogP contribution is 2.35. The number of anilines is 2. The van der Waals surface area contributed by atoms with Gasteiger partial charge in [0.25, 0.3) is 0 Å². The third-order valence-corrected chi connectivity index (χ3v) is 4.74. The topological polar surface area (TPSA) is 61.3 Å². The van der Waals surface area contributed by atoms with Gasteiger partial charge in [-0.05, 0) is 17.0 Å². The van der Waals surface area contributed by atoms with Crippen LogP contribution in [-0.2, 0) is 12.0 Å². The highest BCUT2D eigenvalue weighted by molar-refractivity contribution is 5.51. The second kappa shape index (κ2) is 7.00. The van der Waals surface area contributed by atoms with Crippen LogP contribution in [0.1, 0.15) is 50.4 Å². The Kier molecular flexibility index (Phi) is 4.95. The number of hydrogen-bond donors (Lipinski definition) is 2. The summed E-state index contributed by atoms with van der Waals surface area (Å²) < 4.78 is 0. The van der Waals surface area contributed by atoms with Gasteiger partial charge in [0.05, 0.1) is 12.3 Å². The van der Waals surface area contributed by atoms with E-state index in [9.17, 15) is 0 Å². The zero-order valence-corrected chi connectivity index (χ0v) is 15.6. The van der Waals surface area contributed by atoms with Gasteiger partial charge in [-0.1, -0.05) is 52.0 Å². The minimum Gasteiger partial charge on any atom is -0.395 e. The summed E-state index contributed by atoms with van der Waals surface area (Å²) in [7, 11) is 0. The summed E-state index contributed by atoms with van der Waals surface area (Å²) in [5, 5.41) is 12.2. The molecule has 0 atom stereocenters. The van der Waals surface area contributed by atoms with Crippen molar-refractivity contribution in [2.24, 2.45) is 0 Å². The summed E-state index contributed by atoms with van der Waals surface area (Å²) in [5.74, 6) is 1.86. The van der Waals surface area contributed by atoms with Gasteiger partial charge in [-0.3, -0.25) is 0 Å². The van der Waals surface area contributed by atoms with Crippen molar-refractivity contribution in [1.82, 2.24) is 9.97 Å². The van der Waals surface area contributed by atoms with Crippen molar-refractivity contribution in [3.8, 4) is 0 Å². The Morgan fingerprint density at radius 2 is 2.00 bits per heavy atom. The molecule has 25 heavy (non-hydrogen) atoms. The first kappa shape index (κ1) is 17.7. The molecule has 2 heterocycles. The smallest absolute Gasteiger partial charge is 0.224 e. The number of fused-ring (bicyclic) bond motifs is 1. The maximum absolute atomic E-state index is 9.07. The summed E-state index contributed by atoms with van der Waals surface area (Å²) >= 11 is 0. The van der Waals surface area contributed by atoms with Crippen LogP contribution < -0.4 is 10.2 Å². The van der Waals surface area contributed by atoms with E-state index < -0.39 is 0 Å². The molecular formula is C20H28N4O. The molecule has 3 rings (SSSR count). The van der Waals surface area contributed by atoms with Crippen LogP contribution in [0.4, 0.5) is 11.8 Å². The molecule has 0 saturated carbocycles. The van der Waals surface area contributed by atoms with Crippen LogP contribution in [0.2, 0.25) is 0 Å². The van der Waals surface area contributed by atoms with Crippen molar-refractivity contribution in [2.45, 2.75) is 45.6 Å². The lowest BCUT2D eigenvalue weighted by molar-refractivity contribution is 0.310. The first-order chi connectivity index (χ1) is 11.9. The summed E-state index contributed by atoms with van der Waals surface area (Å²) in [6, 6.07) is 10.8.